The van der Waals surface area contributed by atoms with Gasteiger partial charge in [0.25, 0.3) is 0 Å². The van der Waals surface area contributed by atoms with E-state index in [1.165, 1.54) is 10.4 Å². The van der Waals surface area contributed by atoms with Gasteiger partial charge in [0.05, 0.1) is 4.90 Å². The summed E-state index contributed by atoms with van der Waals surface area (Å²) in [4.78, 5) is 12.1. The van der Waals surface area contributed by atoms with Crippen molar-refractivity contribution >= 4 is 27.7 Å². The van der Waals surface area contributed by atoms with Crippen LogP contribution in [0.5, 0.6) is 0 Å². The Kier molecular flexibility index (Phi) is 6.01. The van der Waals surface area contributed by atoms with Crippen molar-refractivity contribution in [3.05, 3.63) is 28.8 Å². The number of ether oxygens (including phenoxy) is 1. The number of benzene rings is 1. The summed E-state index contributed by atoms with van der Waals surface area (Å²) < 4.78 is 32.3. The number of nitrogens with one attached hydrogen (secondary N) is 1. The number of aryl methyl sites for hydroxylation is 1. The van der Waals surface area contributed by atoms with Crippen LogP contribution in [0.15, 0.2) is 23.1 Å². The summed E-state index contributed by atoms with van der Waals surface area (Å²) in [6.45, 7) is 7.84. The molecule has 0 aromatic heterocycles. The number of carbonyl (C=O) groups is 1. The highest BCUT2D eigenvalue weighted by Crippen LogP contribution is 2.26. The summed E-state index contributed by atoms with van der Waals surface area (Å²) in [7, 11) is -3.59. The van der Waals surface area contributed by atoms with E-state index in [0.717, 1.165) is 0 Å². The number of nitrogens with zero attached hydrogens (tertiary/aromatic N) is 1. The number of carbonyl (C=O) groups excluding carboxylic acids is 1. The second-order valence-corrected chi connectivity index (χ2v) is 9.58. The van der Waals surface area contributed by atoms with Gasteiger partial charge in [0.1, 0.15) is 5.60 Å². The normalized spacial score (nSPS) is 17.3. The fourth-order valence-corrected chi connectivity index (χ4v) is 4.66. The molecule has 1 aliphatic heterocycles. The standard InChI is InChI=1S/C17H25ClN2O4S/c1-12-5-6-13(18)11-15(12)25(22,23)20-9-7-14(8-10-20)19-16(21)24-17(2,3)4/h5-6,11,14H,7-10H2,1-4H3,(H,19,21). The SMILES string of the molecule is Cc1ccc(Cl)cc1S(=O)(=O)N1CCC(NC(=O)OC(C)(C)C)CC1. The minimum Gasteiger partial charge on any atom is -0.444 e. The molecule has 6 nitrogen and oxygen atoms in total. The van der Waals surface area contributed by atoms with E-state index in [2.05, 4.69) is 5.32 Å². The second kappa shape index (κ2) is 7.51. The molecule has 1 aliphatic rings. The largest absolute Gasteiger partial charge is 0.444 e. The van der Waals surface area contributed by atoms with Gasteiger partial charge in [0.15, 0.2) is 0 Å². The van der Waals surface area contributed by atoms with Crippen LogP contribution < -0.4 is 5.32 Å². The van der Waals surface area contributed by atoms with Crippen LogP contribution in [0.1, 0.15) is 39.2 Å². The summed E-state index contributed by atoms with van der Waals surface area (Å²) in [5, 5.41) is 3.20. The van der Waals surface area contributed by atoms with Gasteiger partial charge in [0, 0.05) is 24.2 Å². The Morgan fingerprint density at radius 3 is 2.44 bits per heavy atom. The van der Waals surface area contributed by atoms with Crippen LogP contribution in [0, 0.1) is 6.92 Å². The van der Waals surface area contributed by atoms with Crippen molar-refractivity contribution in [2.24, 2.45) is 0 Å². The fourth-order valence-electron chi connectivity index (χ4n) is 2.71. The van der Waals surface area contributed by atoms with Crippen molar-refractivity contribution in [1.82, 2.24) is 9.62 Å². The van der Waals surface area contributed by atoms with Crippen LogP contribution in [0.25, 0.3) is 0 Å². The van der Waals surface area contributed by atoms with Crippen LogP contribution in [-0.2, 0) is 14.8 Å². The van der Waals surface area contributed by atoms with E-state index in [-0.39, 0.29) is 10.9 Å². The Labute approximate surface area is 154 Å². The molecule has 8 heteroatoms. The summed E-state index contributed by atoms with van der Waals surface area (Å²) >= 11 is 5.95. The average molecular weight is 389 g/mol. The number of sulfonamides is 1. The Hall–Kier alpha value is -1.31. The van der Waals surface area contributed by atoms with Gasteiger partial charge in [-0.15, -0.1) is 0 Å². The predicted molar refractivity (Wildman–Crippen MR) is 97.3 cm³/mol. The summed E-state index contributed by atoms with van der Waals surface area (Å²) in [6.07, 6.45) is 0.607. The molecule has 1 aromatic carbocycles. The highest BCUT2D eigenvalue weighted by atomic mass is 35.5. The first kappa shape index (κ1) is 20.0. The van der Waals surface area contributed by atoms with Gasteiger partial charge in [-0.3, -0.25) is 0 Å². The lowest BCUT2D eigenvalue weighted by atomic mass is 10.1. The first-order valence-corrected chi connectivity index (χ1v) is 10.1. The van der Waals surface area contributed by atoms with Crippen LogP contribution in [0.3, 0.4) is 0 Å². The third-order valence-electron chi connectivity index (χ3n) is 3.94. The molecule has 0 radical (unpaired) electrons. The van der Waals surface area contributed by atoms with Crippen molar-refractivity contribution in [1.29, 1.82) is 0 Å². The van der Waals surface area contributed by atoms with E-state index < -0.39 is 21.7 Å². The molecule has 0 atom stereocenters. The molecular formula is C17H25ClN2O4S. The second-order valence-electron chi connectivity index (χ2n) is 7.23. The third-order valence-corrected chi connectivity index (χ3v) is 6.22. The Balaban J connectivity index is 1.99. The monoisotopic (exact) mass is 388 g/mol. The van der Waals surface area contributed by atoms with Crippen molar-refractivity contribution in [2.45, 2.75) is 57.1 Å². The number of amides is 1. The zero-order chi connectivity index (χ0) is 18.8. The minimum atomic E-state index is -3.59. The molecule has 1 N–H and O–H groups in total. The molecule has 1 heterocycles. The van der Waals surface area contributed by atoms with E-state index in [4.69, 9.17) is 16.3 Å². The maximum atomic E-state index is 12.8. The molecule has 0 spiro atoms. The lowest BCUT2D eigenvalue weighted by Crippen LogP contribution is -2.47. The lowest BCUT2D eigenvalue weighted by molar-refractivity contribution is 0.0489. The first-order valence-electron chi connectivity index (χ1n) is 8.25. The maximum absolute atomic E-state index is 12.8. The van der Waals surface area contributed by atoms with E-state index in [0.29, 0.717) is 36.5 Å². The van der Waals surface area contributed by atoms with Crippen molar-refractivity contribution < 1.29 is 17.9 Å². The average Bonchev–Trinajstić information content (AvgIpc) is 2.48. The van der Waals surface area contributed by atoms with Crippen molar-refractivity contribution in [3.63, 3.8) is 0 Å². The molecule has 2 rings (SSSR count). The predicted octanol–water partition coefficient (Wildman–Crippen LogP) is 3.33. The van der Waals surface area contributed by atoms with Gasteiger partial charge in [-0.2, -0.15) is 4.31 Å². The Morgan fingerprint density at radius 1 is 1.28 bits per heavy atom. The maximum Gasteiger partial charge on any atom is 0.407 e. The third kappa shape index (κ3) is 5.33. The zero-order valence-electron chi connectivity index (χ0n) is 15.0. The highest BCUT2D eigenvalue weighted by molar-refractivity contribution is 7.89. The van der Waals surface area contributed by atoms with E-state index >= 15 is 0 Å². The number of rotatable bonds is 3. The van der Waals surface area contributed by atoms with E-state index in [1.807, 2.05) is 0 Å². The molecular weight excluding hydrogens is 364 g/mol. The number of piperidine rings is 1. The molecule has 0 unspecified atom stereocenters. The topological polar surface area (TPSA) is 75.7 Å². The van der Waals surface area contributed by atoms with Crippen LogP contribution >= 0.6 is 11.6 Å². The summed E-state index contributed by atoms with van der Waals surface area (Å²) in [6, 6.07) is 4.76. The molecule has 1 fully saturated rings. The lowest BCUT2D eigenvalue weighted by Gasteiger charge is -2.32. The quantitative estimate of drug-likeness (QED) is 0.861. The molecule has 1 amide bonds. The Morgan fingerprint density at radius 2 is 1.88 bits per heavy atom. The van der Waals surface area contributed by atoms with Crippen LogP contribution in [-0.4, -0.2) is 43.5 Å². The number of hydrogen-bond donors (Lipinski definition) is 1. The number of halogens is 1. The van der Waals surface area contributed by atoms with Crippen LogP contribution in [0.4, 0.5) is 4.79 Å². The number of alkyl carbamates (subject to hydrolysis) is 1. The zero-order valence-corrected chi connectivity index (χ0v) is 16.6. The highest BCUT2D eigenvalue weighted by Gasteiger charge is 2.31. The van der Waals surface area contributed by atoms with Crippen molar-refractivity contribution in [3.8, 4) is 0 Å². The molecule has 140 valence electrons. The van der Waals surface area contributed by atoms with Gasteiger partial charge < -0.3 is 10.1 Å². The van der Waals surface area contributed by atoms with Gasteiger partial charge in [0.2, 0.25) is 10.0 Å². The molecule has 25 heavy (non-hydrogen) atoms. The molecule has 1 aromatic rings. The van der Waals surface area contributed by atoms with E-state index in [9.17, 15) is 13.2 Å². The summed E-state index contributed by atoms with van der Waals surface area (Å²) in [5.74, 6) is 0. The van der Waals surface area contributed by atoms with E-state index in [1.54, 1.807) is 39.8 Å². The molecule has 0 aliphatic carbocycles. The van der Waals surface area contributed by atoms with Crippen LogP contribution in [0.2, 0.25) is 5.02 Å². The minimum absolute atomic E-state index is 0.0956. The van der Waals surface area contributed by atoms with Gasteiger partial charge in [-0.1, -0.05) is 17.7 Å². The molecule has 0 saturated carbocycles. The van der Waals surface area contributed by atoms with Gasteiger partial charge in [-0.05, 0) is 58.2 Å². The van der Waals surface area contributed by atoms with Gasteiger partial charge >= 0.3 is 6.09 Å². The molecule has 0 bridgehead atoms. The van der Waals surface area contributed by atoms with Crippen molar-refractivity contribution in [2.75, 3.05) is 13.1 Å². The smallest absolute Gasteiger partial charge is 0.407 e. The van der Waals surface area contributed by atoms with Gasteiger partial charge in [-0.25, -0.2) is 13.2 Å². The number of hydrogen-bond acceptors (Lipinski definition) is 4. The fraction of sp³-hybridized carbons (Fsp3) is 0.588. The molecule has 1 saturated heterocycles. The summed E-state index contributed by atoms with van der Waals surface area (Å²) in [5.41, 5.74) is 0.108. The first-order chi connectivity index (χ1) is 11.5. The Bertz CT molecular complexity index is 736.